The molecule has 1 aromatic carbocycles. The molecule has 2 aromatic heterocycles. The third kappa shape index (κ3) is 3.74. The summed E-state index contributed by atoms with van der Waals surface area (Å²) in [5, 5.41) is 23.4. The molecule has 10 heteroatoms. The van der Waals surface area contributed by atoms with Crippen LogP contribution in [0.15, 0.2) is 36.7 Å². The van der Waals surface area contributed by atoms with Gasteiger partial charge in [-0.2, -0.15) is 28.8 Å². The lowest BCUT2D eigenvalue weighted by atomic mass is 9.95. The number of hydrogen-bond donors (Lipinski definition) is 1. The fourth-order valence-electron chi connectivity index (χ4n) is 2.81. The summed E-state index contributed by atoms with van der Waals surface area (Å²) in [5.41, 5.74) is 5.94. The normalized spacial score (nSPS) is 11.1. The Kier molecular flexibility index (Phi) is 5.22. The second kappa shape index (κ2) is 7.62. The van der Waals surface area contributed by atoms with E-state index in [2.05, 4.69) is 10.1 Å². The van der Waals surface area contributed by atoms with Crippen molar-refractivity contribution in [2.24, 2.45) is 0 Å². The molecule has 0 spiro atoms. The first-order valence-electron chi connectivity index (χ1n) is 8.14. The van der Waals surface area contributed by atoms with Crippen molar-refractivity contribution < 1.29 is 17.9 Å². The maximum atomic E-state index is 12.9. The summed E-state index contributed by atoms with van der Waals surface area (Å²) in [6.07, 6.45) is -1.42. The predicted molar refractivity (Wildman–Crippen MR) is 96.4 cm³/mol. The van der Waals surface area contributed by atoms with Crippen LogP contribution in [-0.2, 0) is 17.5 Å². The number of rotatable bonds is 4. The minimum Gasteiger partial charge on any atom is -0.383 e. The second-order valence-corrected chi connectivity index (χ2v) is 5.97. The lowest BCUT2D eigenvalue weighted by Gasteiger charge is -2.14. The molecule has 0 bridgehead atoms. The quantitative estimate of drug-likeness (QED) is 0.720. The van der Waals surface area contributed by atoms with Crippen LogP contribution in [0.3, 0.4) is 0 Å². The van der Waals surface area contributed by atoms with Gasteiger partial charge in [-0.25, -0.2) is 9.67 Å². The van der Waals surface area contributed by atoms with E-state index in [1.165, 1.54) is 30.1 Å². The number of pyridine rings is 1. The molecule has 29 heavy (non-hydrogen) atoms. The molecule has 0 radical (unpaired) electrons. The molecule has 0 atom stereocenters. The van der Waals surface area contributed by atoms with E-state index < -0.39 is 11.7 Å². The van der Waals surface area contributed by atoms with E-state index in [9.17, 15) is 23.7 Å². The number of ether oxygens (including phenoxy) is 1. The average Bonchev–Trinajstić information content (AvgIpc) is 3.15. The Hall–Kier alpha value is -3.89. The van der Waals surface area contributed by atoms with Crippen LogP contribution in [0.5, 0.6) is 0 Å². The summed E-state index contributed by atoms with van der Waals surface area (Å²) in [5.74, 6) is -0.110. The maximum Gasteiger partial charge on any atom is 0.416 e. The molecule has 0 amide bonds. The number of nitrogens with two attached hydrogens (primary N) is 1. The summed E-state index contributed by atoms with van der Waals surface area (Å²) in [4.78, 5) is 4.11. The predicted octanol–water partition coefficient (Wildman–Crippen LogP) is 3.43. The number of nitriles is 2. The molecular formula is C19H13F3N6O. The fraction of sp³-hybridized carbons (Fsp3) is 0.158. The van der Waals surface area contributed by atoms with E-state index in [1.807, 2.05) is 12.1 Å². The molecule has 3 aromatic rings. The van der Waals surface area contributed by atoms with Gasteiger partial charge in [0.05, 0.1) is 18.4 Å². The van der Waals surface area contributed by atoms with Crippen LogP contribution in [-0.4, -0.2) is 21.9 Å². The van der Waals surface area contributed by atoms with E-state index in [-0.39, 0.29) is 40.5 Å². The molecule has 0 aliphatic heterocycles. The molecular weight excluding hydrogens is 385 g/mol. The Bertz CT molecular complexity index is 1140. The average molecular weight is 398 g/mol. The van der Waals surface area contributed by atoms with Gasteiger partial charge in [-0.05, 0) is 17.7 Å². The van der Waals surface area contributed by atoms with Crippen molar-refractivity contribution >= 4 is 5.82 Å². The van der Waals surface area contributed by atoms with Gasteiger partial charge in [0.2, 0.25) is 0 Å². The Morgan fingerprint density at radius 2 is 1.79 bits per heavy atom. The van der Waals surface area contributed by atoms with E-state index in [0.717, 1.165) is 12.1 Å². The SMILES string of the molecule is COCc1cnn(-c2nc(N)c(C#N)c(-c3ccc(C(F)(F)F)cc3)c2C#N)c1. The molecule has 0 fully saturated rings. The molecule has 0 aliphatic rings. The van der Waals surface area contributed by atoms with Crippen LogP contribution in [0.2, 0.25) is 0 Å². The summed E-state index contributed by atoms with van der Waals surface area (Å²) < 4.78 is 44.9. The van der Waals surface area contributed by atoms with Crippen molar-refractivity contribution in [3.63, 3.8) is 0 Å². The molecule has 0 aliphatic carbocycles. The van der Waals surface area contributed by atoms with Crippen molar-refractivity contribution in [1.82, 2.24) is 14.8 Å². The highest BCUT2D eigenvalue weighted by Gasteiger charge is 2.30. The number of halogens is 3. The van der Waals surface area contributed by atoms with Crippen molar-refractivity contribution in [2.45, 2.75) is 12.8 Å². The van der Waals surface area contributed by atoms with Gasteiger partial charge in [0.25, 0.3) is 0 Å². The van der Waals surface area contributed by atoms with E-state index in [4.69, 9.17) is 10.5 Å². The fourth-order valence-corrected chi connectivity index (χ4v) is 2.81. The lowest BCUT2D eigenvalue weighted by Crippen LogP contribution is -2.09. The monoisotopic (exact) mass is 398 g/mol. The van der Waals surface area contributed by atoms with Gasteiger partial charge in [0, 0.05) is 24.4 Å². The van der Waals surface area contributed by atoms with Crippen LogP contribution in [0.25, 0.3) is 16.9 Å². The number of nitrogen functional groups attached to an aromatic ring is 1. The van der Waals surface area contributed by atoms with E-state index in [0.29, 0.717) is 5.56 Å². The number of aromatic nitrogens is 3. The van der Waals surface area contributed by atoms with Crippen molar-refractivity contribution in [3.05, 3.63) is 58.9 Å². The van der Waals surface area contributed by atoms with Crippen LogP contribution < -0.4 is 5.73 Å². The molecule has 0 saturated carbocycles. The standard InChI is InChI=1S/C19H13F3N6O/c1-29-10-11-8-26-28(9-11)18-15(7-24)16(14(6-23)17(25)27-18)12-2-4-13(5-3-12)19(20,21)22/h2-5,8-9H,10H2,1H3,(H2,25,27). The van der Waals surface area contributed by atoms with Crippen molar-refractivity contribution in [1.29, 1.82) is 10.5 Å². The highest BCUT2D eigenvalue weighted by atomic mass is 19.4. The third-order valence-corrected chi connectivity index (χ3v) is 4.09. The van der Waals surface area contributed by atoms with Gasteiger partial charge in [0.15, 0.2) is 5.82 Å². The number of hydrogen-bond acceptors (Lipinski definition) is 6. The zero-order valence-electron chi connectivity index (χ0n) is 15.0. The van der Waals surface area contributed by atoms with Crippen molar-refractivity contribution in [3.8, 4) is 29.1 Å². The summed E-state index contributed by atoms with van der Waals surface area (Å²) >= 11 is 0. The Labute approximate surface area is 163 Å². The summed E-state index contributed by atoms with van der Waals surface area (Å²) in [6, 6.07) is 7.95. The maximum absolute atomic E-state index is 12.9. The van der Waals surface area contributed by atoms with Gasteiger partial charge in [0.1, 0.15) is 29.1 Å². The summed E-state index contributed by atoms with van der Waals surface area (Å²) in [7, 11) is 1.51. The van der Waals surface area contributed by atoms with Gasteiger partial charge in [-0.3, -0.25) is 0 Å². The highest BCUT2D eigenvalue weighted by Crippen LogP contribution is 2.35. The smallest absolute Gasteiger partial charge is 0.383 e. The zero-order chi connectivity index (χ0) is 21.2. The van der Waals surface area contributed by atoms with Gasteiger partial charge in [-0.15, -0.1) is 0 Å². The zero-order valence-corrected chi connectivity index (χ0v) is 15.0. The molecule has 7 nitrogen and oxygen atoms in total. The summed E-state index contributed by atoms with van der Waals surface area (Å²) in [6.45, 7) is 0.277. The van der Waals surface area contributed by atoms with Gasteiger partial charge >= 0.3 is 6.18 Å². The molecule has 2 heterocycles. The Morgan fingerprint density at radius 3 is 2.34 bits per heavy atom. The van der Waals surface area contributed by atoms with Gasteiger partial charge < -0.3 is 10.5 Å². The highest BCUT2D eigenvalue weighted by molar-refractivity contribution is 5.83. The topological polar surface area (TPSA) is 114 Å². The van der Waals surface area contributed by atoms with Crippen LogP contribution in [0, 0.1) is 22.7 Å². The van der Waals surface area contributed by atoms with E-state index in [1.54, 1.807) is 6.20 Å². The third-order valence-electron chi connectivity index (χ3n) is 4.09. The number of methoxy groups -OCH3 is 1. The molecule has 2 N–H and O–H groups in total. The van der Waals surface area contributed by atoms with Crippen molar-refractivity contribution in [2.75, 3.05) is 12.8 Å². The van der Waals surface area contributed by atoms with E-state index >= 15 is 0 Å². The largest absolute Gasteiger partial charge is 0.416 e. The van der Waals surface area contributed by atoms with Crippen LogP contribution >= 0.6 is 0 Å². The lowest BCUT2D eigenvalue weighted by molar-refractivity contribution is -0.137. The van der Waals surface area contributed by atoms with Crippen LogP contribution in [0.4, 0.5) is 19.0 Å². The first kappa shape index (κ1) is 19.9. The minimum absolute atomic E-state index is 0.0393. The van der Waals surface area contributed by atoms with Crippen LogP contribution in [0.1, 0.15) is 22.3 Å². The first-order chi connectivity index (χ1) is 13.8. The number of anilines is 1. The number of benzene rings is 1. The van der Waals surface area contributed by atoms with Gasteiger partial charge in [-0.1, -0.05) is 12.1 Å². The molecule has 0 saturated heterocycles. The number of alkyl halides is 3. The Morgan fingerprint density at radius 1 is 1.14 bits per heavy atom. The molecule has 0 unspecified atom stereocenters. The molecule has 146 valence electrons. The Balaban J connectivity index is 2.24. The minimum atomic E-state index is -4.51. The molecule has 3 rings (SSSR count). The first-order valence-corrected chi connectivity index (χ1v) is 8.14. The second-order valence-electron chi connectivity index (χ2n) is 5.97. The number of nitrogens with zero attached hydrogens (tertiary/aromatic N) is 5.